The molecule has 122 valence electrons. The monoisotopic (exact) mass is 308 g/mol. The summed E-state index contributed by atoms with van der Waals surface area (Å²) < 4.78 is 2.08. The van der Waals surface area contributed by atoms with E-state index in [1.807, 2.05) is 13.8 Å². The molecule has 1 aliphatic carbocycles. The Morgan fingerprint density at radius 3 is 2.00 bits per heavy atom. The summed E-state index contributed by atoms with van der Waals surface area (Å²) in [5.41, 5.74) is 2.52. The highest BCUT2D eigenvalue weighted by Crippen LogP contribution is 2.40. The highest BCUT2D eigenvalue weighted by Gasteiger charge is 2.34. The van der Waals surface area contributed by atoms with E-state index in [2.05, 4.69) is 4.57 Å². The molecular formula is C16H24N2O4. The lowest BCUT2D eigenvalue weighted by Crippen LogP contribution is -2.36. The largest absolute Gasteiger partial charge is 0.395 e. The molecule has 0 aliphatic heterocycles. The van der Waals surface area contributed by atoms with Crippen molar-refractivity contribution >= 4 is 11.7 Å². The third-order valence-corrected chi connectivity index (χ3v) is 4.20. The number of nitrogens with zero attached hydrogens (tertiary/aromatic N) is 2. The Labute approximate surface area is 130 Å². The minimum Gasteiger partial charge on any atom is -0.395 e. The summed E-state index contributed by atoms with van der Waals surface area (Å²) in [4.78, 5) is 26.3. The van der Waals surface area contributed by atoms with Gasteiger partial charge in [-0.25, -0.2) is 0 Å². The Hall–Kier alpha value is -1.66. The van der Waals surface area contributed by atoms with Crippen molar-refractivity contribution in [3.8, 4) is 0 Å². The molecule has 1 saturated carbocycles. The lowest BCUT2D eigenvalue weighted by molar-refractivity contribution is 0.0680. The van der Waals surface area contributed by atoms with Gasteiger partial charge in [-0.05, 0) is 33.6 Å². The van der Waals surface area contributed by atoms with Gasteiger partial charge in [-0.3, -0.25) is 9.59 Å². The molecule has 0 spiro atoms. The summed E-state index contributed by atoms with van der Waals surface area (Å²) in [5.74, 6) is -0.426. The Kier molecular flexibility index (Phi) is 5.03. The third-order valence-electron chi connectivity index (χ3n) is 4.20. The van der Waals surface area contributed by atoms with Crippen LogP contribution >= 0.6 is 0 Å². The number of hydrogen-bond donors (Lipinski definition) is 2. The fourth-order valence-corrected chi connectivity index (χ4v) is 3.14. The molecule has 0 aromatic carbocycles. The first kappa shape index (κ1) is 16.7. The van der Waals surface area contributed by atoms with Crippen LogP contribution in [-0.2, 0) is 0 Å². The number of aliphatic hydroxyl groups excluding tert-OH is 2. The number of Topliss-reactive ketones (excluding diaryl/α,β-unsaturated/α-hetero) is 1. The van der Waals surface area contributed by atoms with Crippen LogP contribution in [0.4, 0.5) is 0 Å². The van der Waals surface area contributed by atoms with Gasteiger partial charge in [0.15, 0.2) is 5.78 Å². The zero-order chi connectivity index (χ0) is 16.4. The Morgan fingerprint density at radius 2 is 1.59 bits per heavy atom. The van der Waals surface area contributed by atoms with Crippen molar-refractivity contribution in [1.82, 2.24) is 9.47 Å². The number of carbonyl (C=O) groups is 2. The first-order valence-corrected chi connectivity index (χ1v) is 7.67. The molecule has 0 atom stereocenters. The number of aliphatic hydroxyl groups is 2. The van der Waals surface area contributed by atoms with Gasteiger partial charge < -0.3 is 19.7 Å². The lowest BCUT2D eigenvalue weighted by Gasteiger charge is -2.21. The summed E-state index contributed by atoms with van der Waals surface area (Å²) in [6, 6.07) is 0.379. The second kappa shape index (κ2) is 6.62. The molecule has 1 amide bonds. The van der Waals surface area contributed by atoms with E-state index in [1.54, 1.807) is 0 Å². The minimum atomic E-state index is -0.298. The second-order valence-electron chi connectivity index (χ2n) is 5.82. The molecule has 22 heavy (non-hydrogen) atoms. The van der Waals surface area contributed by atoms with E-state index >= 15 is 0 Å². The zero-order valence-corrected chi connectivity index (χ0v) is 13.4. The van der Waals surface area contributed by atoms with Crippen molar-refractivity contribution in [2.75, 3.05) is 26.3 Å². The topological polar surface area (TPSA) is 82.8 Å². The molecule has 1 fully saturated rings. The molecule has 2 rings (SSSR count). The van der Waals surface area contributed by atoms with E-state index in [4.69, 9.17) is 10.2 Å². The number of amides is 1. The zero-order valence-electron chi connectivity index (χ0n) is 13.4. The maximum Gasteiger partial charge on any atom is 0.256 e. The average molecular weight is 308 g/mol. The molecule has 1 aliphatic rings. The van der Waals surface area contributed by atoms with Crippen LogP contribution in [0.25, 0.3) is 0 Å². The van der Waals surface area contributed by atoms with Gasteiger partial charge in [0, 0.05) is 30.5 Å². The molecule has 0 saturated heterocycles. The quantitative estimate of drug-likeness (QED) is 0.738. The minimum absolute atomic E-state index is 0.128. The highest BCUT2D eigenvalue weighted by atomic mass is 16.3. The molecule has 0 radical (unpaired) electrons. The van der Waals surface area contributed by atoms with Gasteiger partial charge in [-0.1, -0.05) is 0 Å². The fraction of sp³-hybridized carbons (Fsp3) is 0.625. The van der Waals surface area contributed by atoms with Gasteiger partial charge in [0.2, 0.25) is 0 Å². The molecule has 1 aromatic rings. The molecule has 1 heterocycles. The van der Waals surface area contributed by atoms with Crippen LogP contribution in [-0.4, -0.2) is 57.7 Å². The van der Waals surface area contributed by atoms with E-state index in [0.717, 1.165) is 24.2 Å². The van der Waals surface area contributed by atoms with Crippen molar-refractivity contribution in [2.45, 2.75) is 39.7 Å². The molecular weight excluding hydrogens is 284 g/mol. The number of hydrogen-bond acceptors (Lipinski definition) is 4. The van der Waals surface area contributed by atoms with Gasteiger partial charge in [0.1, 0.15) is 0 Å². The Balaban J connectivity index is 2.50. The summed E-state index contributed by atoms with van der Waals surface area (Å²) in [5, 5.41) is 18.2. The van der Waals surface area contributed by atoms with Gasteiger partial charge in [-0.15, -0.1) is 0 Å². The maximum absolute atomic E-state index is 12.8. The summed E-state index contributed by atoms with van der Waals surface area (Å²) >= 11 is 0. The predicted molar refractivity (Wildman–Crippen MR) is 82.3 cm³/mol. The van der Waals surface area contributed by atoms with Crippen LogP contribution < -0.4 is 0 Å². The second-order valence-corrected chi connectivity index (χ2v) is 5.82. The summed E-state index contributed by atoms with van der Waals surface area (Å²) in [6.07, 6.45) is 2.14. The van der Waals surface area contributed by atoms with Crippen LogP contribution in [0.2, 0.25) is 0 Å². The van der Waals surface area contributed by atoms with Crippen molar-refractivity contribution in [1.29, 1.82) is 0 Å². The molecule has 0 unspecified atom stereocenters. The number of carbonyl (C=O) groups excluding carboxylic acids is 2. The Bertz CT molecular complexity index is 581. The molecule has 0 bridgehead atoms. The normalized spacial score (nSPS) is 14.2. The summed E-state index contributed by atoms with van der Waals surface area (Å²) in [6.45, 7) is 5.14. The van der Waals surface area contributed by atoms with E-state index in [1.165, 1.54) is 11.8 Å². The molecule has 6 heteroatoms. The average Bonchev–Trinajstić information content (AvgIpc) is 3.24. The van der Waals surface area contributed by atoms with Crippen LogP contribution in [0.3, 0.4) is 0 Å². The number of aromatic nitrogens is 1. The molecule has 1 aromatic heterocycles. The smallest absolute Gasteiger partial charge is 0.256 e. The Morgan fingerprint density at radius 1 is 1.09 bits per heavy atom. The first-order chi connectivity index (χ1) is 10.4. The highest BCUT2D eigenvalue weighted by molar-refractivity contribution is 6.09. The van der Waals surface area contributed by atoms with Gasteiger partial charge >= 0.3 is 0 Å². The fourth-order valence-electron chi connectivity index (χ4n) is 3.14. The van der Waals surface area contributed by atoms with Crippen LogP contribution in [0.1, 0.15) is 57.9 Å². The van der Waals surface area contributed by atoms with Crippen molar-refractivity contribution in [3.05, 3.63) is 22.5 Å². The van der Waals surface area contributed by atoms with Crippen LogP contribution in [0.15, 0.2) is 0 Å². The van der Waals surface area contributed by atoms with Gasteiger partial charge in [-0.2, -0.15) is 0 Å². The van der Waals surface area contributed by atoms with E-state index in [0.29, 0.717) is 17.2 Å². The SMILES string of the molecule is CC(=O)c1c(C(=O)N(CCO)CCO)c(C)n(C2CC2)c1C. The van der Waals surface area contributed by atoms with E-state index < -0.39 is 0 Å². The van der Waals surface area contributed by atoms with Crippen LogP contribution in [0.5, 0.6) is 0 Å². The summed E-state index contributed by atoms with van der Waals surface area (Å²) in [7, 11) is 0. The van der Waals surface area contributed by atoms with Crippen molar-refractivity contribution in [2.24, 2.45) is 0 Å². The lowest BCUT2D eigenvalue weighted by atomic mass is 10.0. The van der Waals surface area contributed by atoms with Crippen molar-refractivity contribution < 1.29 is 19.8 Å². The molecule has 6 nitrogen and oxygen atoms in total. The predicted octanol–water partition coefficient (Wildman–Crippen LogP) is 1.07. The number of ketones is 1. The van der Waals surface area contributed by atoms with Crippen LogP contribution in [0, 0.1) is 13.8 Å². The van der Waals surface area contributed by atoms with E-state index in [9.17, 15) is 9.59 Å². The number of rotatable bonds is 7. The standard InChI is InChI=1S/C16H24N2O4/c1-10-14(12(3)21)15(11(2)18(10)13-4-5-13)16(22)17(6-8-19)7-9-20/h13,19-20H,4-9H2,1-3H3. The van der Waals surface area contributed by atoms with E-state index in [-0.39, 0.29) is 38.0 Å². The molecule has 2 N–H and O–H groups in total. The first-order valence-electron chi connectivity index (χ1n) is 7.67. The van der Waals surface area contributed by atoms with Gasteiger partial charge in [0.25, 0.3) is 5.91 Å². The third kappa shape index (κ3) is 2.94. The van der Waals surface area contributed by atoms with Crippen molar-refractivity contribution in [3.63, 3.8) is 0 Å². The van der Waals surface area contributed by atoms with Gasteiger partial charge in [0.05, 0.1) is 24.3 Å². The maximum atomic E-state index is 12.8.